The van der Waals surface area contributed by atoms with Gasteiger partial charge in [0.1, 0.15) is 12.2 Å². The monoisotopic (exact) mass is 347 g/mol. The van der Waals surface area contributed by atoms with Crippen LogP contribution in [-0.4, -0.2) is 18.0 Å². The maximum atomic E-state index is 13.5. The topological polar surface area (TPSA) is 70.6 Å². The van der Waals surface area contributed by atoms with E-state index in [1.807, 2.05) is 30.3 Å². The van der Waals surface area contributed by atoms with E-state index >= 15 is 0 Å². The molecule has 0 atom stereocenters. The minimum atomic E-state index is -0.607. The van der Waals surface area contributed by atoms with Crippen LogP contribution in [0, 0.1) is 5.82 Å². The van der Waals surface area contributed by atoms with E-state index in [1.165, 1.54) is 18.2 Å². The van der Waals surface area contributed by atoms with E-state index in [1.54, 1.807) is 0 Å². The summed E-state index contributed by atoms with van der Waals surface area (Å²) in [6.45, 7) is 0.334. The summed E-state index contributed by atoms with van der Waals surface area (Å²) >= 11 is 5.82. The summed E-state index contributed by atoms with van der Waals surface area (Å²) in [6, 6.07) is 13.5. The Kier molecular flexibility index (Phi) is 6.45. The summed E-state index contributed by atoms with van der Waals surface area (Å²) in [5.41, 5.74) is 3.15. The molecule has 2 aromatic carbocycles. The maximum Gasteiger partial charge on any atom is 0.249 e. The predicted molar refractivity (Wildman–Crippen MR) is 90.1 cm³/mol. The molecular weight excluding hydrogens is 333 g/mol. The molecule has 24 heavy (non-hydrogen) atoms. The molecule has 2 rings (SSSR count). The third-order valence-electron chi connectivity index (χ3n) is 3.04. The van der Waals surface area contributed by atoms with Crippen molar-refractivity contribution in [1.29, 1.82) is 0 Å². The van der Waals surface area contributed by atoms with Gasteiger partial charge in [-0.1, -0.05) is 48.0 Å². The van der Waals surface area contributed by atoms with Crippen molar-refractivity contribution in [2.45, 2.75) is 13.0 Å². The van der Waals surface area contributed by atoms with Crippen molar-refractivity contribution in [3.63, 3.8) is 0 Å². The summed E-state index contributed by atoms with van der Waals surface area (Å²) in [4.78, 5) is 23.3. The Labute approximate surface area is 143 Å². The SMILES string of the molecule is O=C(CC(=O)NN=Cc1c(F)cccc1Cl)NCc1ccccc1. The van der Waals surface area contributed by atoms with Crippen molar-refractivity contribution >= 4 is 29.6 Å². The molecule has 0 fully saturated rings. The number of hydrogen-bond acceptors (Lipinski definition) is 3. The number of nitrogens with zero attached hydrogens (tertiary/aromatic N) is 1. The molecule has 0 aliphatic rings. The smallest absolute Gasteiger partial charge is 0.249 e. The molecule has 5 nitrogen and oxygen atoms in total. The van der Waals surface area contributed by atoms with E-state index in [0.717, 1.165) is 11.8 Å². The Morgan fingerprint density at radius 1 is 1.08 bits per heavy atom. The summed E-state index contributed by atoms with van der Waals surface area (Å²) in [5.74, 6) is -1.60. The Hall–Kier alpha value is -2.73. The molecule has 0 radical (unpaired) electrons. The highest BCUT2D eigenvalue weighted by molar-refractivity contribution is 6.33. The Morgan fingerprint density at radius 3 is 2.54 bits per heavy atom. The highest BCUT2D eigenvalue weighted by Crippen LogP contribution is 2.16. The number of hydrazone groups is 1. The first-order valence-electron chi connectivity index (χ1n) is 7.13. The van der Waals surface area contributed by atoms with Crippen LogP contribution in [-0.2, 0) is 16.1 Å². The quantitative estimate of drug-likeness (QED) is 0.479. The van der Waals surface area contributed by atoms with Crippen molar-refractivity contribution in [2.24, 2.45) is 5.10 Å². The zero-order chi connectivity index (χ0) is 17.4. The Morgan fingerprint density at radius 2 is 1.83 bits per heavy atom. The van der Waals surface area contributed by atoms with E-state index in [9.17, 15) is 14.0 Å². The van der Waals surface area contributed by atoms with E-state index in [2.05, 4.69) is 15.8 Å². The number of carbonyl (C=O) groups is 2. The fraction of sp³-hybridized carbons (Fsp3) is 0.118. The van der Waals surface area contributed by atoms with Gasteiger partial charge in [0.2, 0.25) is 11.8 Å². The standard InChI is InChI=1S/C17H15ClFN3O2/c18-14-7-4-8-15(19)13(14)11-21-22-17(24)9-16(23)20-10-12-5-2-1-3-6-12/h1-8,11H,9-10H2,(H,20,23)(H,22,24). The number of benzene rings is 2. The molecule has 0 aliphatic carbocycles. The molecule has 0 heterocycles. The molecule has 2 aromatic rings. The summed E-state index contributed by atoms with van der Waals surface area (Å²) in [5, 5.41) is 6.40. The first-order valence-corrected chi connectivity index (χ1v) is 7.50. The lowest BCUT2D eigenvalue weighted by Gasteiger charge is -2.04. The number of halogens is 2. The second-order valence-corrected chi connectivity index (χ2v) is 5.27. The van der Waals surface area contributed by atoms with Gasteiger partial charge in [0.25, 0.3) is 0 Å². The highest BCUT2D eigenvalue weighted by Gasteiger charge is 2.09. The van der Waals surface area contributed by atoms with E-state index in [0.29, 0.717) is 6.54 Å². The fourth-order valence-corrected chi connectivity index (χ4v) is 2.06. The Balaban J connectivity index is 1.78. The van der Waals surface area contributed by atoms with Gasteiger partial charge in [-0.2, -0.15) is 5.10 Å². The molecule has 0 unspecified atom stereocenters. The lowest BCUT2D eigenvalue weighted by atomic mass is 10.2. The van der Waals surface area contributed by atoms with Crippen LogP contribution in [0.1, 0.15) is 17.5 Å². The molecule has 2 amide bonds. The van der Waals surface area contributed by atoms with Gasteiger partial charge in [0.15, 0.2) is 0 Å². The summed E-state index contributed by atoms with van der Waals surface area (Å²) in [6.07, 6.45) is 0.715. The van der Waals surface area contributed by atoms with Crippen LogP contribution >= 0.6 is 11.6 Å². The van der Waals surface area contributed by atoms with Gasteiger partial charge in [0, 0.05) is 12.1 Å². The number of amides is 2. The normalized spacial score (nSPS) is 10.6. The number of hydrogen-bond donors (Lipinski definition) is 2. The number of nitrogens with one attached hydrogen (secondary N) is 2. The average Bonchev–Trinajstić information content (AvgIpc) is 2.56. The number of carbonyl (C=O) groups excluding carboxylic acids is 2. The summed E-state index contributed by atoms with van der Waals surface area (Å²) in [7, 11) is 0. The molecule has 0 saturated carbocycles. The van der Waals surface area contributed by atoms with Gasteiger partial charge < -0.3 is 5.32 Å². The molecule has 7 heteroatoms. The van der Waals surface area contributed by atoms with E-state index < -0.39 is 17.6 Å². The molecule has 0 aliphatic heterocycles. The van der Waals surface area contributed by atoms with Gasteiger partial charge in [0.05, 0.1) is 11.2 Å². The molecule has 0 spiro atoms. The van der Waals surface area contributed by atoms with E-state index in [4.69, 9.17) is 11.6 Å². The van der Waals surface area contributed by atoms with Crippen molar-refractivity contribution in [2.75, 3.05) is 0 Å². The first kappa shape index (κ1) is 17.6. The highest BCUT2D eigenvalue weighted by atomic mass is 35.5. The predicted octanol–water partition coefficient (Wildman–Crippen LogP) is 2.64. The fourth-order valence-electron chi connectivity index (χ4n) is 1.85. The Bertz CT molecular complexity index is 731. The first-order chi connectivity index (χ1) is 11.6. The van der Waals surface area contributed by atoms with Crippen LogP contribution < -0.4 is 10.7 Å². The van der Waals surface area contributed by atoms with Gasteiger partial charge in [-0.05, 0) is 17.7 Å². The number of rotatable bonds is 6. The van der Waals surface area contributed by atoms with Gasteiger partial charge >= 0.3 is 0 Å². The third kappa shape index (κ3) is 5.48. The minimum Gasteiger partial charge on any atom is -0.352 e. The molecular formula is C17H15ClFN3O2. The zero-order valence-electron chi connectivity index (χ0n) is 12.6. The maximum absolute atomic E-state index is 13.5. The average molecular weight is 348 g/mol. The molecule has 0 aromatic heterocycles. The largest absolute Gasteiger partial charge is 0.352 e. The molecule has 2 N–H and O–H groups in total. The van der Waals surface area contributed by atoms with Crippen LogP contribution in [0.3, 0.4) is 0 Å². The molecule has 0 saturated heterocycles. The van der Waals surface area contributed by atoms with Crippen molar-refractivity contribution in [3.05, 3.63) is 70.5 Å². The van der Waals surface area contributed by atoms with Crippen LogP contribution in [0.2, 0.25) is 5.02 Å². The van der Waals surface area contributed by atoms with Crippen LogP contribution in [0.25, 0.3) is 0 Å². The lowest BCUT2D eigenvalue weighted by molar-refractivity contribution is -0.129. The lowest BCUT2D eigenvalue weighted by Crippen LogP contribution is -2.29. The second kappa shape index (κ2) is 8.79. The van der Waals surface area contributed by atoms with E-state index in [-0.39, 0.29) is 17.0 Å². The second-order valence-electron chi connectivity index (χ2n) is 4.87. The van der Waals surface area contributed by atoms with Crippen molar-refractivity contribution in [1.82, 2.24) is 10.7 Å². The van der Waals surface area contributed by atoms with Crippen LogP contribution in [0.4, 0.5) is 4.39 Å². The van der Waals surface area contributed by atoms with Gasteiger partial charge in [-0.3, -0.25) is 9.59 Å². The van der Waals surface area contributed by atoms with Gasteiger partial charge in [-0.25, -0.2) is 9.82 Å². The summed E-state index contributed by atoms with van der Waals surface area (Å²) < 4.78 is 13.5. The third-order valence-corrected chi connectivity index (χ3v) is 3.37. The van der Waals surface area contributed by atoms with Crippen LogP contribution in [0.5, 0.6) is 0 Å². The minimum absolute atomic E-state index is 0.0630. The zero-order valence-corrected chi connectivity index (χ0v) is 13.4. The molecule has 0 bridgehead atoms. The van der Waals surface area contributed by atoms with Gasteiger partial charge in [-0.15, -0.1) is 0 Å². The van der Waals surface area contributed by atoms with Crippen LogP contribution in [0.15, 0.2) is 53.6 Å². The van der Waals surface area contributed by atoms with Crippen molar-refractivity contribution in [3.8, 4) is 0 Å². The van der Waals surface area contributed by atoms with Crippen molar-refractivity contribution < 1.29 is 14.0 Å². The molecule has 124 valence electrons.